The quantitative estimate of drug-likeness (QED) is 0.732. The monoisotopic (exact) mass is 268 g/mol. The first-order valence-corrected chi connectivity index (χ1v) is 5.89. The Labute approximate surface area is 110 Å². The van der Waals surface area contributed by atoms with E-state index in [1.54, 1.807) is 13.8 Å². The molecule has 0 radical (unpaired) electrons. The van der Waals surface area contributed by atoms with Crippen LogP contribution in [0.2, 0.25) is 0 Å². The molecule has 1 rings (SSSR count). The van der Waals surface area contributed by atoms with Crippen molar-refractivity contribution in [1.82, 2.24) is 0 Å². The van der Waals surface area contributed by atoms with E-state index in [0.29, 0.717) is 0 Å². The molecule has 0 heterocycles. The van der Waals surface area contributed by atoms with E-state index in [9.17, 15) is 14.0 Å². The maximum atomic E-state index is 13.6. The number of carbonyl (C=O) groups is 2. The number of halogens is 1. The van der Waals surface area contributed by atoms with Gasteiger partial charge in [-0.25, -0.2) is 4.39 Å². The SMILES string of the molecule is CC(C)C(CNc1ccc(C(N)=O)cc1F)C(=O)O. The number of hydrogen-bond donors (Lipinski definition) is 3. The summed E-state index contributed by atoms with van der Waals surface area (Å²) in [7, 11) is 0. The van der Waals surface area contributed by atoms with Crippen LogP contribution in [-0.4, -0.2) is 23.5 Å². The number of nitrogens with two attached hydrogens (primary N) is 1. The van der Waals surface area contributed by atoms with Crippen LogP contribution in [0.3, 0.4) is 0 Å². The van der Waals surface area contributed by atoms with Crippen LogP contribution in [0.1, 0.15) is 24.2 Å². The van der Waals surface area contributed by atoms with Crippen molar-refractivity contribution in [3.05, 3.63) is 29.6 Å². The molecule has 6 heteroatoms. The van der Waals surface area contributed by atoms with E-state index in [4.69, 9.17) is 10.8 Å². The van der Waals surface area contributed by atoms with Gasteiger partial charge in [-0.2, -0.15) is 0 Å². The standard InChI is InChI=1S/C13H17FN2O3/c1-7(2)9(13(18)19)6-16-11-4-3-8(12(15)17)5-10(11)14/h3-5,7,9,16H,6H2,1-2H3,(H2,15,17)(H,18,19). The van der Waals surface area contributed by atoms with Gasteiger partial charge in [0.2, 0.25) is 5.91 Å². The maximum Gasteiger partial charge on any atom is 0.308 e. The second kappa shape index (κ2) is 6.17. The van der Waals surface area contributed by atoms with Crippen LogP contribution in [-0.2, 0) is 4.79 Å². The number of hydrogen-bond acceptors (Lipinski definition) is 3. The Kier molecular flexibility index (Phi) is 4.86. The fraction of sp³-hybridized carbons (Fsp3) is 0.385. The first-order valence-electron chi connectivity index (χ1n) is 5.89. The van der Waals surface area contributed by atoms with Crippen LogP contribution in [0, 0.1) is 17.7 Å². The largest absolute Gasteiger partial charge is 0.481 e. The van der Waals surface area contributed by atoms with Gasteiger partial charge < -0.3 is 16.2 Å². The minimum absolute atomic E-state index is 0.0710. The highest BCUT2D eigenvalue weighted by atomic mass is 19.1. The first-order chi connectivity index (χ1) is 8.82. The predicted octanol–water partition coefficient (Wildman–Crippen LogP) is 1.69. The lowest BCUT2D eigenvalue weighted by atomic mass is 9.96. The first kappa shape index (κ1) is 14.9. The third-order valence-electron chi connectivity index (χ3n) is 2.89. The van der Waals surface area contributed by atoms with Crippen molar-refractivity contribution in [3.8, 4) is 0 Å². The van der Waals surface area contributed by atoms with Crippen molar-refractivity contribution in [2.45, 2.75) is 13.8 Å². The van der Waals surface area contributed by atoms with Gasteiger partial charge >= 0.3 is 5.97 Å². The summed E-state index contributed by atoms with van der Waals surface area (Å²) in [6, 6.07) is 3.78. The topological polar surface area (TPSA) is 92.4 Å². The van der Waals surface area contributed by atoms with Crippen molar-refractivity contribution >= 4 is 17.6 Å². The fourth-order valence-corrected chi connectivity index (χ4v) is 1.64. The van der Waals surface area contributed by atoms with Crippen LogP contribution in [0.5, 0.6) is 0 Å². The van der Waals surface area contributed by atoms with Crippen LogP contribution in [0.15, 0.2) is 18.2 Å². The molecule has 1 atom stereocenters. The number of rotatable bonds is 6. The van der Waals surface area contributed by atoms with Gasteiger partial charge in [-0.15, -0.1) is 0 Å². The molecule has 4 N–H and O–H groups in total. The van der Waals surface area contributed by atoms with Crippen LogP contribution >= 0.6 is 0 Å². The van der Waals surface area contributed by atoms with E-state index < -0.39 is 23.6 Å². The van der Waals surface area contributed by atoms with Crippen molar-refractivity contribution < 1.29 is 19.1 Å². The summed E-state index contributed by atoms with van der Waals surface area (Å²) in [5.41, 5.74) is 5.25. The van der Waals surface area contributed by atoms with Gasteiger partial charge in [0.15, 0.2) is 0 Å². The summed E-state index contributed by atoms with van der Waals surface area (Å²) in [5, 5.41) is 11.7. The van der Waals surface area contributed by atoms with Crippen LogP contribution in [0.4, 0.5) is 10.1 Å². The number of anilines is 1. The number of benzene rings is 1. The van der Waals surface area contributed by atoms with E-state index in [2.05, 4.69) is 5.32 Å². The number of aliphatic carboxylic acids is 1. The molecule has 19 heavy (non-hydrogen) atoms. The third kappa shape index (κ3) is 3.94. The molecular formula is C13H17FN2O3. The highest BCUT2D eigenvalue weighted by Gasteiger charge is 2.21. The maximum absolute atomic E-state index is 13.6. The van der Waals surface area contributed by atoms with E-state index in [-0.39, 0.29) is 23.7 Å². The predicted molar refractivity (Wildman–Crippen MR) is 69.4 cm³/mol. The van der Waals surface area contributed by atoms with Crippen molar-refractivity contribution in [2.24, 2.45) is 17.6 Å². The number of carboxylic acids is 1. The zero-order valence-electron chi connectivity index (χ0n) is 10.8. The average molecular weight is 268 g/mol. The summed E-state index contributed by atoms with van der Waals surface area (Å²) in [6.07, 6.45) is 0. The number of carbonyl (C=O) groups excluding carboxylic acids is 1. The average Bonchev–Trinajstić information content (AvgIpc) is 2.29. The van der Waals surface area contributed by atoms with Gasteiger partial charge in [-0.1, -0.05) is 13.8 Å². The summed E-state index contributed by atoms with van der Waals surface area (Å²) in [4.78, 5) is 21.9. The lowest BCUT2D eigenvalue weighted by Crippen LogP contribution is -2.27. The number of carboxylic acid groups (broad SMARTS) is 1. The highest BCUT2D eigenvalue weighted by Crippen LogP contribution is 2.18. The van der Waals surface area contributed by atoms with Gasteiger partial charge in [-0.3, -0.25) is 9.59 Å². The van der Waals surface area contributed by atoms with Gasteiger partial charge in [0.05, 0.1) is 11.6 Å². The molecule has 0 spiro atoms. The van der Waals surface area contributed by atoms with Crippen molar-refractivity contribution in [3.63, 3.8) is 0 Å². The molecule has 0 aliphatic heterocycles. The van der Waals surface area contributed by atoms with Crippen molar-refractivity contribution in [1.29, 1.82) is 0 Å². The minimum atomic E-state index is -0.934. The normalized spacial score (nSPS) is 12.2. The number of primary amides is 1. The molecule has 5 nitrogen and oxygen atoms in total. The summed E-state index contributed by atoms with van der Waals surface area (Å²) in [5.74, 6) is -2.97. The second-order valence-electron chi connectivity index (χ2n) is 4.63. The fourth-order valence-electron chi connectivity index (χ4n) is 1.64. The molecule has 0 saturated heterocycles. The molecule has 0 bridgehead atoms. The van der Waals surface area contributed by atoms with Gasteiger partial charge in [0, 0.05) is 12.1 Å². The summed E-state index contributed by atoms with van der Waals surface area (Å²) >= 11 is 0. The smallest absolute Gasteiger partial charge is 0.308 e. The zero-order chi connectivity index (χ0) is 14.6. The lowest BCUT2D eigenvalue weighted by molar-refractivity contribution is -0.142. The lowest BCUT2D eigenvalue weighted by Gasteiger charge is -2.17. The zero-order valence-corrected chi connectivity index (χ0v) is 10.8. The Morgan fingerprint density at radius 1 is 1.42 bits per heavy atom. The van der Waals surface area contributed by atoms with E-state index in [1.807, 2.05) is 0 Å². The Balaban J connectivity index is 2.78. The Morgan fingerprint density at radius 2 is 2.05 bits per heavy atom. The molecule has 1 unspecified atom stereocenters. The Bertz CT molecular complexity index is 489. The molecule has 0 aliphatic carbocycles. The van der Waals surface area contributed by atoms with Gasteiger partial charge in [0.1, 0.15) is 5.82 Å². The molecule has 1 amide bonds. The molecule has 104 valence electrons. The highest BCUT2D eigenvalue weighted by molar-refractivity contribution is 5.93. The molecule has 1 aromatic carbocycles. The Morgan fingerprint density at radius 3 is 2.47 bits per heavy atom. The molecule has 0 fully saturated rings. The second-order valence-corrected chi connectivity index (χ2v) is 4.63. The van der Waals surface area contributed by atoms with Gasteiger partial charge in [0.25, 0.3) is 0 Å². The Hall–Kier alpha value is -2.11. The molecule has 0 aromatic heterocycles. The molecule has 1 aromatic rings. The summed E-state index contributed by atoms with van der Waals surface area (Å²) in [6.45, 7) is 3.68. The van der Waals surface area contributed by atoms with E-state index in [1.165, 1.54) is 12.1 Å². The van der Waals surface area contributed by atoms with E-state index >= 15 is 0 Å². The van der Waals surface area contributed by atoms with E-state index in [0.717, 1.165) is 6.07 Å². The number of amides is 1. The summed E-state index contributed by atoms with van der Waals surface area (Å²) < 4.78 is 13.6. The van der Waals surface area contributed by atoms with Gasteiger partial charge in [-0.05, 0) is 24.1 Å². The molecule has 0 aliphatic rings. The molecular weight excluding hydrogens is 251 g/mol. The van der Waals surface area contributed by atoms with Crippen LogP contribution in [0.25, 0.3) is 0 Å². The minimum Gasteiger partial charge on any atom is -0.481 e. The van der Waals surface area contributed by atoms with Crippen molar-refractivity contribution in [2.75, 3.05) is 11.9 Å². The third-order valence-corrected chi connectivity index (χ3v) is 2.89. The number of nitrogens with one attached hydrogen (secondary N) is 1. The van der Waals surface area contributed by atoms with Crippen LogP contribution < -0.4 is 11.1 Å². The molecule has 0 saturated carbocycles.